The summed E-state index contributed by atoms with van der Waals surface area (Å²) in [6.45, 7) is 0. The molecule has 2 heterocycles. The third-order valence-corrected chi connectivity index (χ3v) is 3.53. The molecule has 0 fully saturated rings. The number of methoxy groups -OCH3 is 1. The fourth-order valence-corrected chi connectivity index (χ4v) is 2.27. The first-order valence-corrected chi connectivity index (χ1v) is 7.88. The molecule has 0 aliphatic rings. The van der Waals surface area contributed by atoms with Crippen molar-refractivity contribution in [1.82, 2.24) is 15.1 Å². The Bertz CT molecular complexity index is 908. The van der Waals surface area contributed by atoms with Crippen molar-refractivity contribution in [3.63, 3.8) is 0 Å². The van der Waals surface area contributed by atoms with Gasteiger partial charge in [0.25, 0.3) is 0 Å². The fourth-order valence-electron chi connectivity index (χ4n) is 2.27. The molecule has 26 heavy (non-hydrogen) atoms. The number of hydrogen-bond acceptors (Lipinski definition) is 7. The van der Waals surface area contributed by atoms with Crippen LogP contribution >= 0.6 is 0 Å². The van der Waals surface area contributed by atoms with E-state index in [2.05, 4.69) is 20.4 Å². The summed E-state index contributed by atoms with van der Waals surface area (Å²) < 4.78 is 9.85. The molecular formula is C18H16N4O4. The first kappa shape index (κ1) is 17.3. The molecule has 3 aromatic rings. The molecule has 0 aliphatic carbocycles. The number of anilines is 1. The lowest BCUT2D eigenvalue weighted by molar-refractivity contribution is -0.116. The highest BCUT2D eigenvalue weighted by atomic mass is 16.5. The number of carbonyl (C=O) groups excluding carboxylic acids is 2. The maximum atomic E-state index is 12.2. The topological polar surface area (TPSA) is 107 Å². The van der Waals surface area contributed by atoms with Gasteiger partial charge in [0, 0.05) is 19.0 Å². The lowest BCUT2D eigenvalue weighted by atomic mass is 10.1. The largest absolute Gasteiger partial charge is 0.465 e. The zero-order valence-corrected chi connectivity index (χ0v) is 14.0. The number of aromatic nitrogens is 3. The molecule has 0 bridgehead atoms. The molecule has 0 saturated carbocycles. The van der Waals surface area contributed by atoms with E-state index in [9.17, 15) is 9.59 Å². The summed E-state index contributed by atoms with van der Waals surface area (Å²) in [5.41, 5.74) is 1.28. The molecule has 0 radical (unpaired) electrons. The quantitative estimate of drug-likeness (QED) is 0.679. The number of esters is 1. The Balaban J connectivity index is 1.60. The van der Waals surface area contributed by atoms with Gasteiger partial charge >= 0.3 is 5.97 Å². The molecular weight excluding hydrogens is 336 g/mol. The first-order chi connectivity index (χ1) is 12.7. The van der Waals surface area contributed by atoms with Gasteiger partial charge in [-0.1, -0.05) is 23.4 Å². The molecule has 3 rings (SSSR count). The predicted octanol–water partition coefficient (Wildman–Crippen LogP) is 2.49. The van der Waals surface area contributed by atoms with Gasteiger partial charge < -0.3 is 14.6 Å². The van der Waals surface area contributed by atoms with Crippen LogP contribution < -0.4 is 5.32 Å². The Morgan fingerprint density at radius 2 is 1.96 bits per heavy atom. The van der Waals surface area contributed by atoms with E-state index in [-0.39, 0.29) is 18.7 Å². The number of ether oxygens (including phenoxy) is 1. The van der Waals surface area contributed by atoms with Gasteiger partial charge in [0.2, 0.25) is 17.6 Å². The molecule has 0 spiro atoms. The van der Waals surface area contributed by atoms with E-state index < -0.39 is 5.97 Å². The predicted molar refractivity (Wildman–Crippen MR) is 92.3 cm³/mol. The normalized spacial score (nSPS) is 10.3. The van der Waals surface area contributed by atoms with E-state index in [1.807, 2.05) is 6.07 Å². The zero-order chi connectivity index (χ0) is 18.4. The highest BCUT2D eigenvalue weighted by Crippen LogP contribution is 2.17. The molecule has 132 valence electrons. The van der Waals surface area contributed by atoms with Crippen molar-refractivity contribution in [2.75, 3.05) is 12.4 Å². The fraction of sp³-hybridized carbons (Fsp3) is 0.167. The maximum absolute atomic E-state index is 12.2. The molecule has 0 atom stereocenters. The van der Waals surface area contributed by atoms with Crippen molar-refractivity contribution >= 4 is 17.6 Å². The monoisotopic (exact) mass is 352 g/mol. The number of carbonyl (C=O) groups is 2. The second-order valence-electron chi connectivity index (χ2n) is 5.31. The second-order valence-corrected chi connectivity index (χ2v) is 5.31. The summed E-state index contributed by atoms with van der Waals surface area (Å²) in [5.74, 6) is -0.0872. The number of nitrogens with one attached hydrogen (secondary N) is 1. The number of para-hydroxylation sites is 1. The molecule has 0 unspecified atom stereocenters. The Morgan fingerprint density at radius 3 is 2.73 bits per heavy atom. The molecule has 0 aliphatic heterocycles. The van der Waals surface area contributed by atoms with E-state index in [4.69, 9.17) is 9.26 Å². The van der Waals surface area contributed by atoms with Crippen LogP contribution in [0, 0.1) is 0 Å². The Hall–Kier alpha value is -3.55. The third-order valence-electron chi connectivity index (χ3n) is 3.53. The highest BCUT2D eigenvalue weighted by molar-refractivity contribution is 6.01. The molecule has 1 N–H and O–H groups in total. The van der Waals surface area contributed by atoms with Gasteiger partial charge in [-0.15, -0.1) is 0 Å². The van der Waals surface area contributed by atoms with Crippen molar-refractivity contribution in [3.05, 3.63) is 60.1 Å². The summed E-state index contributed by atoms with van der Waals surface area (Å²) in [6.07, 6.45) is 2.03. The summed E-state index contributed by atoms with van der Waals surface area (Å²) in [6, 6.07) is 12.0. The van der Waals surface area contributed by atoms with Crippen LogP contribution in [0.3, 0.4) is 0 Å². The van der Waals surface area contributed by atoms with Gasteiger partial charge in [0.1, 0.15) is 5.69 Å². The van der Waals surface area contributed by atoms with Crippen molar-refractivity contribution in [2.45, 2.75) is 12.8 Å². The summed E-state index contributed by atoms with van der Waals surface area (Å²) in [7, 11) is 1.29. The van der Waals surface area contributed by atoms with Crippen molar-refractivity contribution in [2.24, 2.45) is 0 Å². The second kappa shape index (κ2) is 8.02. The van der Waals surface area contributed by atoms with E-state index in [1.54, 1.807) is 42.6 Å². The third kappa shape index (κ3) is 4.10. The van der Waals surface area contributed by atoms with Gasteiger partial charge in [0.15, 0.2) is 0 Å². The number of pyridine rings is 1. The molecule has 1 aromatic carbocycles. The summed E-state index contributed by atoms with van der Waals surface area (Å²) in [4.78, 5) is 32.2. The van der Waals surface area contributed by atoms with Gasteiger partial charge in [0.05, 0.1) is 18.4 Å². The molecule has 8 heteroatoms. The van der Waals surface area contributed by atoms with Gasteiger partial charge in [-0.05, 0) is 24.3 Å². The Morgan fingerprint density at radius 1 is 1.15 bits per heavy atom. The number of rotatable bonds is 6. The van der Waals surface area contributed by atoms with E-state index in [0.29, 0.717) is 28.7 Å². The van der Waals surface area contributed by atoms with Crippen LogP contribution in [0.15, 0.2) is 53.2 Å². The minimum atomic E-state index is -0.516. The molecule has 8 nitrogen and oxygen atoms in total. The molecule has 2 aromatic heterocycles. The highest BCUT2D eigenvalue weighted by Gasteiger charge is 2.15. The minimum absolute atomic E-state index is 0.124. The molecule has 0 saturated heterocycles. The van der Waals surface area contributed by atoms with Crippen LogP contribution in [0.5, 0.6) is 0 Å². The van der Waals surface area contributed by atoms with Crippen molar-refractivity contribution < 1.29 is 18.8 Å². The van der Waals surface area contributed by atoms with Crippen LogP contribution in [0.1, 0.15) is 22.7 Å². The minimum Gasteiger partial charge on any atom is -0.465 e. The number of amides is 1. The van der Waals surface area contributed by atoms with Crippen molar-refractivity contribution in [3.8, 4) is 11.5 Å². The molecule has 1 amide bonds. The van der Waals surface area contributed by atoms with E-state index >= 15 is 0 Å². The first-order valence-electron chi connectivity index (χ1n) is 7.88. The number of aryl methyl sites for hydroxylation is 1. The standard InChI is InChI=1S/C18H16N4O4/c1-25-18(24)12-6-2-3-7-13(12)20-15(23)9-10-16-21-17(22-26-16)14-8-4-5-11-19-14/h2-8,11H,9-10H2,1H3,(H,20,23). The van der Waals surface area contributed by atoms with E-state index in [0.717, 1.165) is 0 Å². The lowest BCUT2D eigenvalue weighted by Crippen LogP contribution is -2.15. The van der Waals surface area contributed by atoms with Crippen molar-refractivity contribution in [1.29, 1.82) is 0 Å². The summed E-state index contributed by atoms with van der Waals surface area (Å²) >= 11 is 0. The smallest absolute Gasteiger partial charge is 0.339 e. The van der Waals surface area contributed by atoms with Crippen LogP contribution in [0.25, 0.3) is 11.5 Å². The SMILES string of the molecule is COC(=O)c1ccccc1NC(=O)CCc1nc(-c2ccccn2)no1. The number of benzene rings is 1. The number of nitrogens with zero attached hydrogens (tertiary/aromatic N) is 3. The lowest BCUT2D eigenvalue weighted by Gasteiger charge is -2.08. The average molecular weight is 352 g/mol. The Kier molecular flexibility index (Phi) is 5.33. The van der Waals surface area contributed by atoms with Crippen LogP contribution in [-0.4, -0.2) is 34.1 Å². The van der Waals surface area contributed by atoms with Crippen LogP contribution in [-0.2, 0) is 16.0 Å². The van der Waals surface area contributed by atoms with Crippen LogP contribution in [0.4, 0.5) is 5.69 Å². The van der Waals surface area contributed by atoms with Gasteiger partial charge in [-0.2, -0.15) is 4.98 Å². The van der Waals surface area contributed by atoms with Gasteiger partial charge in [-0.3, -0.25) is 9.78 Å². The van der Waals surface area contributed by atoms with Gasteiger partial charge in [-0.25, -0.2) is 4.79 Å². The van der Waals surface area contributed by atoms with Crippen LogP contribution in [0.2, 0.25) is 0 Å². The zero-order valence-electron chi connectivity index (χ0n) is 14.0. The Labute approximate surface area is 149 Å². The maximum Gasteiger partial charge on any atom is 0.339 e. The van der Waals surface area contributed by atoms with E-state index in [1.165, 1.54) is 7.11 Å². The number of hydrogen-bond donors (Lipinski definition) is 1. The average Bonchev–Trinajstić information content (AvgIpc) is 3.16. The summed E-state index contributed by atoms with van der Waals surface area (Å²) in [5, 5.41) is 6.55.